The molecule has 4 atom stereocenters. The highest BCUT2D eigenvalue weighted by atomic mass is 32.2. The van der Waals surface area contributed by atoms with E-state index in [0.29, 0.717) is 12.2 Å². The summed E-state index contributed by atoms with van der Waals surface area (Å²) in [5.41, 5.74) is 0.886. The maximum Gasteiger partial charge on any atom is 0.317 e. The maximum absolute atomic E-state index is 13.2. The van der Waals surface area contributed by atoms with Crippen molar-refractivity contribution in [2.24, 2.45) is 11.8 Å². The Hall–Kier alpha value is -2.11. The van der Waals surface area contributed by atoms with Crippen molar-refractivity contribution in [2.75, 3.05) is 12.4 Å². The predicted molar refractivity (Wildman–Crippen MR) is 106 cm³/mol. The molecule has 1 aliphatic carbocycles. The molecule has 0 heterocycles. The molecule has 1 aliphatic rings. The molecular formula is C22H24O4S. The van der Waals surface area contributed by atoms with Crippen LogP contribution in [0.3, 0.4) is 0 Å². The molecule has 0 radical (unpaired) electrons. The van der Waals surface area contributed by atoms with Crippen LogP contribution in [0.2, 0.25) is 0 Å². The number of aliphatic hydroxyl groups excluding tert-OH is 1. The molecule has 1 saturated carbocycles. The number of carbonyl (C=O) groups excluding carboxylic acids is 2. The number of esters is 1. The number of thioether (sulfide) groups is 1. The van der Waals surface area contributed by atoms with E-state index in [4.69, 9.17) is 4.74 Å². The van der Waals surface area contributed by atoms with Crippen molar-refractivity contribution < 1.29 is 19.4 Å². The van der Waals surface area contributed by atoms with Gasteiger partial charge in [-0.05, 0) is 31.0 Å². The second-order valence-electron chi connectivity index (χ2n) is 6.68. The second kappa shape index (κ2) is 9.20. The molecule has 2 aromatic rings. The predicted octanol–water partition coefficient (Wildman–Crippen LogP) is 3.69. The highest BCUT2D eigenvalue weighted by molar-refractivity contribution is 7.99. The fraction of sp³-hybridized carbons (Fsp3) is 0.364. The van der Waals surface area contributed by atoms with E-state index < -0.39 is 23.9 Å². The van der Waals surface area contributed by atoms with E-state index in [1.165, 1.54) is 11.8 Å². The third kappa shape index (κ3) is 4.60. The zero-order valence-electron chi connectivity index (χ0n) is 15.3. The minimum absolute atomic E-state index is 0.218. The average molecular weight is 384 g/mol. The van der Waals surface area contributed by atoms with E-state index >= 15 is 0 Å². The van der Waals surface area contributed by atoms with Crippen molar-refractivity contribution in [3.63, 3.8) is 0 Å². The van der Waals surface area contributed by atoms with Crippen LogP contribution in [0, 0.1) is 11.8 Å². The van der Waals surface area contributed by atoms with Crippen molar-refractivity contribution in [1.82, 2.24) is 0 Å². The number of hydrogen-bond acceptors (Lipinski definition) is 5. The summed E-state index contributed by atoms with van der Waals surface area (Å²) in [4.78, 5) is 26.8. The van der Waals surface area contributed by atoms with Gasteiger partial charge >= 0.3 is 5.97 Å². The number of ketones is 1. The number of carbonyl (C=O) groups is 2. The van der Waals surface area contributed by atoms with Gasteiger partial charge in [-0.15, -0.1) is 11.8 Å². The average Bonchev–Trinajstić information content (AvgIpc) is 2.69. The molecular weight excluding hydrogens is 360 g/mol. The van der Waals surface area contributed by atoms with Crippen LogP contribution in [0.5, 0.6) is 0 Å². The third-order valence-corrected chi connectivity index (χ3v) is 6.11. The van der Waals surface area contributed by atoms with Gasteiger partial charge in [0, 0.05) is 16.6 Å². The van der Waals surface area contributed by atoms with Gasteiger partial charge in [0.05, 0.1) is 18.6 Å². The molecule has 0 saturated heterocycles. The molecule has 5 heteroatoms. The van der Waals surface area contributed by atoms with Crippen molar-refractivity contribution in [1.29, 1.82) is 0 Å². The van der Waals surface area contributed by atoms with Gasteiger partial charge < -0.3 is 9.84 Å². The van der Waals surface area contributed by atoms with Gasteiger partial charge in [-0.25, -0.2) is 0 Å². The highest BCUT2D eigenvalue weighted by Gasteiger charge is 2.47. The van der Waals surface area contributed by atoms with Crippen molar-refractivity contribution in [3.05, 3.63) is 66.2 Å². The lowest BCUT2D eigenvalue weighted by atomic mass is 9.69. The summed E-state index contributed by atoms with van der Waals surface area (Å²) >= 11 is 1.53. The molecule has 27 heavy (non-hydrogen) atoms. The molecule has 0 unspecified atom stereocenters. The van der Waals surface area contributed by atoms with Gasteiger partial charge in [0.25, 0.3) is 0 Å². The zero-order valence-corrected chi connectivity index (χ0v) is 16.1. The Balaban J connectivity index is 1.82. The van der Waals surface area contributed by atoms with Gasteiger partial charge in [0.1, 0.15) is 5.92 Å². The lowest BCUT2D eigenvalue weighted by molar-refractivity contribution is -0.157. The van der Waals surface area contributed by atoms with E-state index in [1.807, 2.05) is 60.7 Å². The third-order valence-electron chi connectivity index (χ3n) is 4.98. The molecule has 4 nitrogen and oxygen atoms in total. The SMILES string of the molecule is CCOC(=O)[C@@H]1C(=O)[C@@H](CSc2ccccc2)[C@H](O)C[C@H]1c1ccccc1. The van der Waals surface area contributed by atoms with Crippen LogP contribution in [0.1, 0.15) is 24.8 Å². The topological polar surface area (TPSA) is 63.6 Å². The first kappa shape index (κ1) is 19.6. The molecule has 142 valence electrons. The van der Waals surface area contributed by atoms with Gasteiger partial charge in [-0.2, -0.15) is 0 Å². The number of benzene rings is 2. The molecule has 0 bridgehead atoms. The summed E-state index contributed by atoms with van der Waals surface area (Å²) in [6.45, 7) is 1.97. The first-order valence-electron chi connectivity index (χ1n) is 9.23. The summed E-state index contributed by atoms with van der Waals surface area (Å²) < 4.78 is 5.20. The highest BCUT2D eigenvalue weighted by Crippen LogP contribution is 2.40. The molecule has 0 amide bonds. The van der Waals surface area contributed by atoms with Crippen LogP contribution >= 0.6 is 11.8 Å². The van der Waals surface area contributed by atoms with Gasteiger partial charge in [0.2, 0.25) is 0 Å². The second-order valence-corrected chi connectivity index (χ2v) is 7.78. The Labute approximate surface area is 163 Å². The Morgan fingerprint density at radius 3 is 2.37 bits per heavy atom. The lowest BCUT2D eigenvalue weighted by Gasteiger charge is -2.37. The van der Waals surface area contributed by atoms with Crippen LogP contribution < -0.4 is 0 Å². The van der Waals surface area contributed by atoms with Crippen molar-refractivity contribution in [2.45, 2.75) is 30.3 Å². The van der Waals surface area contributed by atoms with E-state index in [0.717, 1.165) is 10.5 Å². The summed E-state index contributed by atoms with van der Waals surface area (Å²) in [6.07, 6.45) is -0.399. The van der Waals surface area contributed by atoms with Crippen LogP contribution in [0.25, 0.3) is 0 Å². The van der Waals surface area contributed by atoms with E-state index in [2.05, 4.69) is 0 Å². The normalized spacial score (nSPS) is 25.2. The standard InChI is InChI=1S/C22H24O4S/c1-2-26-22(25)20-17(15-9-5-3-6-10-15)13-19(23)18(21(20)24)14-27-16-11-7-4-8-12-16/h3-12,17-20,23H,2,13-14H2,1H3/t17-,18-,19+,20-/m0/s1. The monoisotopic (exact) mass is 384 g/mol. The first-order valence-corrected chi connectivity index (χ1v) is 10.2. The van der Waals surface area contributed by atoms with Crippen molar-refractivity contribution in [3.8, 4) is 0 Å². The van der Waals surface area contributed by atoms with E-state index in [-0.39, 0.29) is 18.3 Å². The van der Waals surface area contributed by atoms with E-state index in [1.54, 1.807) is 6.92 Å². The van der Waals surface area contributed by atoms with E-state index in [9.17, 15) is 14.7 Å². The molecule has 2 aromatic carbocycles. The Bertz CT molecular complexity index is 762. The molecule has 1 N–H and O–H groups in total. The van der Waals surface area contributed by atoms with Gasteiger partial charge in [-0.1, -0.05) is 48.5 Å². The lowest BCUT2D eigenvalue weighted by Crippen LogP contribution is -2.47. The molecule has 0 aliphatic heterocycles. The number of ether oxygens (including phenoxy) is 1. The Morgan fingerprint density at radius 2 is 1.74 bits per heavy atom. The number of rotatable bonds is 6. The maximum atomic E-state index is 13.2. The molecule has 1 fully saturated rings. The Kier molecular flexibility index (Phi) is 6.69. The first-order chi connectivity index (χ1) is 13.1. The van der Waals surface area contributed by atoms with Crippen LogP contribution in [-0.2, 0) is 14.3 Å². The molecule has 0 aromatic heterocycles. The summed E-state index contributed by atoms with van der Waals surface area (Å²) in [7, 11) is 0. The van der Waals surface area contributed by atoms with Crippen LogP contribution in [0.15, 0.2) is 65.6 Å². The molecule has 3 rings (SSSR count). The number of hydrogen-bond donors (Lipinski definition) is 1. The summed E-state index contributed by atoms with van der Waals surface area (Å²) in [6, 6.07) is 19.2. The fourth-order valence-corrected chi connectivity index (χ4v) is 4.72. The minimum Gasteiger partial charge on any atom is -0.465 e. The smallest absolute Gasteiger partial charge is 0.317 e. The fourth-order valence-electron chi connectivity index (χ4n) is 3.62. The zero-order chi connectivity index (χ0) is 19.2. The quantitative estimate of drug-likeness (QED) is 0.467. The Morgan fingerprint density at radius 1 is 1.11 bits per heavy atom. The molecule has 0 spiro atoms. The minimum atomic E-state index is -0.864. The number of aliphatic hydroxyl groups is 1. The number of Topliss-reactive ketones (excluding diaryl/α,β-unsaturated/α-hetero) is 1. The van der Waals surface area contributed by atoms with Gasteiger partial charge in [0.15, 0.2) is 5.78 Å². The van der Waals surface area contributed by atoms with Gasteiger partial charge in [-0.3, -0.25) is 9.59 Å². The summed E-state index contributed by atoms with van der Waals surface area (Å²) in [5.74, 6) is -2.06. The largest absolute Gasteiger partial charge is 0.465 e. The summed E-state index contributed by atoms with van der Waals surface area (Å²) in [5, 5.41) is 10.7. The van der Waals surface area contributed by atoms with Crippen molar-refractivity contribution >= 4 is 23.5 Å². The van der Waals surface area contributed by atoms with Crippen LogP contribution in [0.4, 0.5) is 0 Å². The van der Waals surface area contributed by atoms with Crippen LogP contribution in [-0.4, -0.2) is 35.3 Å².